The minimum Gasteiger partial charge on any atom is -0.294 e. The van der Waals surface area contributed by atoms with Crippen molar-refractivity contribution in [3.05, 3.63) is 47.0 Å². The molecule has 0 N–H and O–H groups in total. The van der Waals surface area contributed by atoms with E-state index in [1.807, 2.05) is 0 Å². The topological polar surface area (TPSA) is 17.1 Å². The highest BCUT2D eigenvalue weighted by atomic mass is 19.4. The van der Waals surface area contributed by atoms with Gasteiger partial charge in [0.1, 0.15) is 0 Å². The third kappa shape index (κ3) is 3.95. The van der Waals surface area contributed by atoms with Crippen LogP contribution in [0.4, 0.5) is 26.3 Å². The Hall–Kier alpha value is -1.79. The van der Waals surface area contributed by atoms with Gasteiger partial charge in [0.2, 0.25) is 0 Å². The van der Waals surface area contributed by atoms with Crippen LogP contribution in [-0.4, -0.2) is 5.78 Å². The van der Waals surface area contributed by atoms with Crippen LogP contribution in [0.3, 0.4) is 0 Å². The lowest BCUT2D eigenvalue weighted by Crippen LogP contribution is -2.31. The summed E-state index contributed by atoms with van der Waals surface area (Å²) in [5.74, 6) is -0.283. The van der Waals surface area contributed by atoms with E-state index >= 15 is 0 Å². The zero-order chi connectivity index (χ0) is 17.5. The Balaban J connectivity index is 2.46. The molecule has 1 aromatic rings. The van der Waals surface area contributed by atoms with E-state index in [-0.39, 0.29) is 23.8 Å². The summed E-state index contributed by atoms with van der Waals surface area (Å²) in [6, 6.07) is 1.46. The van der Waals surface area contributed by atoms with Crippen LogP contribution in [0.1, 0.15) is 36.5 Å². The molecule has 0 amide bonds. The van der Waals surface area contributed by atoms with Gasteiger partial charge in [-0.05, 0) is 49.1 Å². The van der Waals surface area contributed by atoms with E-state index in [2.05, 4.69) is 0 Å². The summed E-state index contributed by atoms with van der Waals surface area (Å²) in [5, 5.41) is 0. The molecule has 0 aromatic heterocycles. The Bertz CT molecular complexity index is 609. The Morgan fingerprint density at radius 1 is 1.00 bits per heavy atom. The molecule has 2 rings (SSSR count). The first kappa shape index (κ1) is 17.6. The molecule has 7 heteroatoms. The molecule has 1 unspecified atom stereocenters. The number of rotatable bonds is 2. The van der Waals surface area contributed by atoms with E-state index < -0.39 is 28.9 Å². The fraction of sp³-hybridized carbons (Fsp3) is 0.438. The van der Waals surface area contributed by atoms with Gasteiger partial charge in [0.25, 0.3) is 0 Å². The highest BCUT2D eigenvalue weighted by Gasteiger charge is 2.38. The average molecular weight is 336 g/mol. The van der Waals surface area contributed by atoms with Crippen LogP contribution < -0.4 is 0 Å². The standard InChI is InChI=1S/C16H14F6O/c1-14(5-3-2-4-13(14)23)9-10-6-11(15(17,18)19)8-12(7-10)16(20,21)22/h2,4,6-8H,3,5,9H2,1H3. The van der Waals surface area contributed by atoms with Crippen LogP contribution in [0.2, 0.25) is 0 Å². The summed E-state index contributed by atoms with van der Waals surface area (Å²) in [4.78, 5) is 12.0. The predicted molar refractivity (Wildman–Crippen MR) is 71.6 cm³/mol. The van der Waals surface area contributed by atoms with E-state index in [1.54, 1.807) is 13.0 Å². The SMILES string of the molecule is CC1(Cc2cc(C(F)(F)F)cc(C(F)(F)F)c2)CCC=CC1=O. The minimum atomic E-state index is -4.88. The third-order valence-corrected chi connectivity index (χ3v) is 3.97. The second-order valence-corrected chi connectivity index (χ2v) is 5.96. The lowest BCUT2D eigenvalue weighted by molar-refractivity contribution is -0.143. The van der Waals surface area contributed by atoms with Crippen LogP contribution in [0, 0.1) is 5.41 Å². The van der Waals surface area contributed by atoms with Crippen LogP contribution >= 0.6 is 0 Å². The molecule has 1 nitrogen and oxygen atoms in total. The molecular formula is C16H14F6O. The van der Waals surface area contributed by atoms with Gasteiger partial charge < -0.3 is 0 Å². The molecule has 0 spiro atoms. The largest absolute Gasteiger partial charge is 0.416 e. The molecule has 1 aromatic carbocycles. The van der Waals surface area contributed by atoms with Gasteiger partial charge in [-0.25, -0.2) is 0 Å². The maximum Gasteiger partial charge on any atom is 0.416 e. The summed E-state index contributed by atoms with van der Waals surface area (Å²) in [6.07, 6.45) is -5.99. The zero-order valence-corrected chi connectivity index (χ0v) is 12.2. The Kier molecular flexibility index (Phi) is 4.34. The number of carbonyl (C=O) groups is 1. The Labute approximate surface area is 129 Å². The summed E-state index contributed by atoms with van der Waals surface area (Å²) >= 11 is 0. The van der Waals surface area contributed by atoms with E-state index in [9.17, 15) is 31.1 Å². The number of ketones is 1. The molecule has 1 aliphatic rings. The smallest absolute Gasteiger partial charge is 0.294 e. The number of halogens is 6. The molecule has 1 atom stereocenters. The monoisotopic (exact) mass is 336 g/mol. The van der Waals surface area contributed by atoms with Gasteiger partial charge in [-0.1, -0.05) is 13.0 Å². The Morgan fingerprint density at radius 2 is 1.52 bits per heavy atom. The fourth-order valence-corrected chi connectivity index (χ4v) is 2.66. The van der Waals surface area contributed by atoms with Crippen molar-refractivity contribution in [2.45, 2.75) is 38.5 Å². The van der Waals surface area contributed by atoms with Gasteiger partial charge in [0.15, 0.2) is 5.78 Å². The van der Waals surface area contributed by atoms with Gasteiger partial charge in [0.05, 0.1) is 11.1 Å². The quantitative estimate of drug-likeness (QED) is 0.679. The normalized spacial score (nSPS) is 22.5. The second-order valence-electron chi connectivity index (χ2n) is 5.96. The molecule has 0 saturated carbocycles. The number of benzene rings is 1. The number of hydrogen-bond donors (Lipinski definition) is 0. The lowest BCUT2D eigenvalue weighted by Gasteiger charge is -2.29. The molecular weight excluding hydrogens is 322 g/mol. The maximum atomic E-state index is 12.8. The van der Waals surface area contributed by atoms with Gasteiger partial charge in [0, 0.05) is 5.41 Å². The zero-order valence-electron chi connectivity index (χ0n) is 12.2. The second kappa shape index (κ2) is 5.69. The maximum absolute atomic E-state index is 12.8. The number of allylic oxidation sites excluding steroid dienone is 2. The van der Waals surface area contributed by atoms with Crippen molar-refractivity contribution in [3.63, 3.8) is 0 Å². The molecule has 0 aliphatic heterocycles. The van der Waals surface area contributed by atoms with Gasteiger partial charge in [-0.15, -0.1) is 0 Å². The number of alkyl halides is 6. The molecule has 0 bridgehead atoms. The van der Waals surface area contributed by atoms with Gasteiger partial charge in [-0.2, -0.15) is 26.3 Å². The van der Waals surface area contributed by atoms with Gasteiger partial charge >= 0.3 is 12.4 Å². The average Bonchev–Trinajstić information content (AvgIpc) is 2.40. The minimum absolute atomic E-state index is 0.0917. The first-order chi connectivity index (χ1) is 10.4. The molecule has 0 heterocycles. The summed E-state index contributed by atoms with van der Waals surface area (Å²) in [7, 11) is 0. The molecule has 0 radical (unpaired) electrons. The van der Waals surface area contributed by atoms with Crippen molar-refractivity contribution in [1.82, 2.24) is 0 Å². The van der Waals surface area contributed by atoms with Crippen molar-refractivity contribution >= 4 is 5.78 Å². The van der Waals surface area contributed by atoms with Gasteiger partial charge in [-0.3, -0.25) is 4.79 Å². The third-order valence-electron chi connectivity index (χ3n) is 3.97. The molecule has 1 aliphatic carbocycles. The highest BCUT2D eigenvalue weighted by molar-refractivity contribution is 5.95. The van der Waals surface area contributed by atoms with Crippen LogP contribution in [0.25, 0.3) is 0 Å². The summed E-state index contributed by atoms with van der Waals surface area (Å²) in [5.41, 5.74) is -3.84. The van der Waals surface area contributed by atoms with Crippen LogP contribution in [0.5, 0.6) is 0 Å². The highest BCUT2D eigenvalue weighted by Crippen LogP contribution is 2.39. The van der Waals surface area contributed by atoms with Crippen molar-refractivity contribution in [2.24, 2.45) is 5.41 Å². The van der Waals surface area contributed by atoms with Crippen molar-refractivity contribution < 1.29 is 31.1 Å². The molecule has 0 saturated heterocycles. The van der Waals surface area contributed by atoms with Crippen molar-refractivity contribution in [1.29, 1.82) is 0 Å². The van der Waals surface area contributed by atoms with Crippen molar-refractivity contribution in [3.8, 4) is 0 Å². The predicted octanol–water partition coefficient (Wildman–Crippen LogP) is 5.19. The van der Waals surface area contributed by atoms with E-state index in [0.717, 1.165) is 0 Å². The summed E-state index contributed by atoms with van der Waals surface area (Å²) in [6.45, 7) is 1.56. The molecule has 126 valence electrons. The number of hydrogen-bond acceptors (Lipinski definition) is 1. The first-order valence-electron chi connectivity index (χ1n) is 6.91. The molecule has 0 fully saturated rings. The summed E-state index contributed by atoms with van der Waals surface area (Å²) < 4.78 is 77.0. The van der Waals surface area contributed by atoms with E-state index in [4.69, 9.17) is 0 Å². The van der Waals surface area contributed by atoms with Crippen LogP contribution in [-0.2, 0) is 23.6 Å². The van der Waals surface area contributed by atoms with E-state index in [0.29, 0.717) is 25.0 Å². The van der Waals surface area contributed by atoms with E-state index in [1.165, 1.54) is 6.08 Å². The van der Waals surface area contributed by atoms with Crippen LogP contribution in [0.15, 0.2) is 30.4 Å². The first-order valence-corrected chi connectivity index (χ1v) is 6.91. The number of carbonyl (C=O) groups excluding carboxylic acids is 1. The van der Waals surface area contributed by atoms with Crippen molar-refractivity contribution in [2.75, 3.05) is 0 Å². The Morgan fingerprint density at radius 3 is 1.96 bits per heavy atom. The molecule has 23 heavy (non-hydrogen) atoms. The lowest BCUT2D eigenvalue weighted by atomic mass is 9.73. The fourth-order valence-electron chi connectivity index (χ4n) is 2.66.